The number of amides is 1. The topological polar surface area (TPSA) is 66.5 Å². The zero-order valence-corrected chi connectivity index (χ0v) is 15.5. The Hall–Kier alpha value is -3.21. The number of hydrogen-bond acceptors (Lipinski definition) is 3. The number of hydrogen-bond donors (Lipinski definition) is 1. The summed E-state index contributed by atoms with van der Waals surface area (Å²) in [5, 5.41) is 0. The summed E-state index contributed by atoms with van der Waals surface area (Å²) in [4.78, 5) is 11.9. The van der Waals surface area contributed by atoms with Crippen LogP contribution in [0.3, 0.4) is 0 Å². The van der Waals surface area contributed by atoms with E-state index in [4.69, 9.17) is 15.2 Å². The molecule has 0 bridgehead atoms. The Morgan fingerprint density at radius 2 is 1.78 bits per heavy atom. The van der Waals surface area contributed by atoms with E-state index >= 15 is 0 Å². The maximum atomic E-state index is 11.9. The van der Waals surface area contributed by atoms with Crippen LogP contribution < -0.4 is 15.2 Å². The van der Waals surface area contributed by atoms with E-state index in [0.717, 1.165) is 28.5 Å². The third-order valence-corrected chi connectivity index (χ3v) is 5.06. The molecule has 1 aliphatic heterocycles. The molecule has 0 unspecified atom stereocenters. The summed E-state index contributed by atoms with van der Waals surface area (Å²) in [5.74, 6) is 1.05. The van der Waals surface area contributed by atoms with Gasteiger partial charge in [0.25, 0.3) is 5.91 Å². The fourth-order valence-corrected chi connectivity index (χ4v) is 3.50. The molecule has 2 heterocycles. The van der Waals surface area contributed by atoms with Crippen LogP contribution in [0.25, 0.3) is 11.3 Å². The van der Waals surface area contributed by atoms with Crippen LogP contribution in [0.4, 0.5) is 0 Å². The molecule has 0 spiro atoms. The van der Waals surface area contributed by atoms with E-state index in [1.807, 2.05) is 43.3 Å². The highest BCUT2D eigenvalue weighted by Gasteiger charge is 2.19. The van der Waals surface area contributed by atoms with Gasteiger partial charge in [-0.3, -0.25) is 4.79 Å². The van der Waals surface area contributed by atoms with Crippen LogP contribution in [0.2, 0.25) is 0 Å². The van der Waals surface area contributed by atoms with Gasteiger partial charge in [-0.1, -0.05) is 24.3 Å². The molecule has 5 nitrogen and oxygen atoms in total. The van der Waals surface area contributed by atoms with Crippen molar-refractivity contribution in [3.63, 3.8) is 0 Å². The molecule has 0 saturated heterocycles. The van der Waals surface area contributed by atoms with Gasteiger partial charge in [0.2, 0.25) is 0 Å². The van der Waals surface area contributed by atoms with Crippen molar-refractivity contribution in [3.05, 3.63) is 70.9 Å². The van der Waals surface area contributed by atoms with Crippen LogP contribution in [0.15, 0.2) is 48.5 Å². The summed E-state index contributed by atoms with van der Waals surface area (Å²) in [7, 11) is 0. The van der Waals surface area contributed by atoms with Gasteiger partial charge < -0.3 is 19.8 Å². The molecule has 5 heteroatoms. The number of nitrogens with zero attached hydrogens (tertiary/aromatic N) is 1. The Kier molecular flexibility index (Phi) is 4.36. The molecule has 0 radical (unpaired) electrons. The van der Waals surface area contributed by atoms with Gasteiger partial charge in [0, 0.05) is 23.5 Å². The molecule has 4 rings (SSSR count). The third kappa shape index (κ3) is 3.16. The van der Waals surface area contributed by atoms with Gasteiger partial charge in [-0.25, -0.2) is 0 Å². The molecule has 1 aliphatic rings. The third-order valence-electron chi connectivity index (χ3n) is 5.06. The summed E-state index contributed by atoms with van der Waals surface area (Å²) in [6, 6.07) is 16.0. The van der Waals surface area contributed by atoms with Gasteiger partial charge in [0.15, 0.2) is 11.5 Å². The number of carbonyl (C=O) groups excluding carboxylic acids is 1. The second-order valence-electron chi connectivity index (χ2n) is 6.76. The van der Waals surface area contributed by atoms with Gasteiger partial charge in [0.1, 0.15) is 13.2 Å². The molecule has 0 aliphatic carbocycles. The summed E-state index contributed by atoms with van der Waals surface area (Å²) >= 11 is 0. The summed E-state index contributed by atoms with van der Waals surface area (Å²) in [6.45, 7) is 5.77. The average Bonchev–Trinajstić information content (AvgIpc) is 3.00. The van der Waals surface area contributed by atoms with Crippen molar-refractivity contribution in [2.24, 2.45) is 5.73 Å². The maximum Gasteiger partial charge on any atom is 0.250 e. The average molecular weight is 362 g/mol. The van der Waals surface area contributed by atoms with Crippen molar-refractivity contribution in [1.29, 1.82) is 0 Å². The van der Waals surface area contributed by atoms with Crippen molar-refractivity contribution in [1.82, 2.24) is 4.57 Å². The predicted octanol–water partition coefficient (Wildman–Crippen LogP) is 3.69. The lowest BCUT2D eigenvalue weighted by Crippen LogP contribution is -2.15. The molecule has 2 aromatic carbocycles. The fourth-order valence-electron chi connectivity index (χ4n) is 3.50. The zero-order valence-electron chi connectivity index (χ0n) is 15.5. The highest BCUT2D eigenvalue weighted by atomic mass is 16.6. The van der Waals surface area contributed by atoms with Crippen LogP contribution in [-0.2, 0) is 6.54 Å². The number of rotatable bonds is 4. The van der Waals surface area contributed by atoms with E-state index in [-0.39, 0.29) is 0 Å². The SMILES string of the molecule is Cc1ccccc1Cn1c(-c2ccc3c(c2)OCCO3)cc(C(N)=O)c1C. The molecule has 2 N–H and O–H groups in total. The first kappa shape index (κ1) is 17.2. The number of ether oxygens (including phenoxy) is 2. The highest BCUT2D eigenvalue weighted by molar-refractivity contribution is 5.95. The van der Waals surface area contributed by atoms with Crippen molar-refractivity contribution in [3.8, 4) is 22.8 Å². The van der Waals surface area contributed by atoms with Crippen molar-refractivity contribution < 1.29 is 14.3 Å². The monoisotopic (exact) mass is 362 g/mol. The van der Waals surface area contributed by atoms with E-state index < -0.39 is 5.91 Å². The number of nitrogens with two attached hydrogens (primary N) is 1. The minimum absolute atomic E-state index is 0.421. The van der Waals surface area contributed by atoms with Crippen LogP contribution in [0.1, 0.15) is 27.2 Å². The summed E-state index contributed by atoms with van der Waals surface area (Å²) in [6.07, 6.45) is 0. The van der Waals surface area contributed by atoms with Crippen LogP contribution in [0.5, 0.6) is 11.5 Å². The lowest BCUT2D eigenvalue weighted by molar-refractivity contribution is 0.0999. The second-order valence-corrected chi connectivity index (χ2v) is 6.76. The second kappa shape index (κ2) is 6.83. The quantitative estimate of drug-likeness (QED) is 0.770. The van der Waals surface area contributed by atoms with Crippen molar-refractivity contribution in [2.75, 3.05) is 13.2 Å². The minimum atomic E-state index is -0.421. The molecule has 1 amide bonds. The number of aromatic nitrogens is 1. The first-order valence-electron chi connectivity index (χ1n) is 8.99. The summed E-state index contributed by atoms with van der Waals surface area (Å²) < 4.78 is 13.5. The number of aryl methyl sites for hydroxylation is 1. The smallest absolute Gasteiger partial charge is 0.250 e. The van der Waals surface area contributed by atoms with E-state index in [9.17, 15) is 4.79 Å². The maximum absolute atomic E-state index is 11.9. The Balaban J connectivity index is 1.83. The van der Waals surface area contributed by atoms with E-state index in [0.29, 0.717) is 25.3 Å². The molecule has 1 aromatic heterocycles. The van der Waals surface area contributed by atoms with E-state index in [1.165, 1.54) is 11.1 Å². The minimum Gasteiger partial charge on any atom is -0.486 e. The van der Waals surface area contributed by atoms with Gasteiger partial charge >= 0.3 is 0 Å². The Bertz CT molecular complexity index is 1020. The molecule has 27 heavy (non-hydrogen) atoms. The van der Waals surface area contributed by atoms with Gasteiger partial charge in [-0.05, 0) is 49.2 Å². The Morgan fingerprint density at radius 1 is 1.04 bits per heavy atom. The van der Waals surface area contributed by atoms with Crippen LogP contribution in [-0.4, -0.2) is 23.7 Å². The lowest BCUT2D eigenvalue weighted by atomic mass is 10.1. The lowest BCUT2D eigenvalue weighted by Gasteiger charge is -2.20. The van der Waals surface area contributed by atoms with Gasteiger partial charge in [0.05, 0.1) is 5.56 Å². The fraction of sp³-hybridized carbons (Fsp3) is 0.227. The molecular weight excluding hydrogens is 340 g/mol. The van der Waals surface area contributed by atoms with Gasteiger partial charge in [-0.2, -0.15) is 0 Å². The first-order valence-corrected chi connectivity index (χ1v) is 8.99. The molecular formula is C22H22N2O3. The molecule has 0 saturated carbocycles. The van der Waals surface area contributed by atoms with Crippen molar-refractivity contribution in [2.45, 2.75) is 20.4 Å². The standard InChI is InChI=1S/C22H22N2O3/c1-14-5-3-4-6-17(14)13-24-15(2)18(22(23)25)12-19(24)16-7-8-20-21(11-16)27-10-9-26-20/h3-8,11-12H,9-10,13H2,1-2H3,(H2,23,25). The van der Waals surface area contributed by atoms with E-state index in [1.54, 1.807) is 0 Å². The summed E-state index contributed by atoms with van der Waals surface area (Å²) in [5.41, 5.74) is 11.3. The Morgan fingerprint density at radius 3 is 2.52 bits per heavy atom. The molecule has 3 aromatic rings. The normalized spacial score (nSPS) is 12.8. The zero-order chi connectivity index (χ0) is 19.0. The largest absolute Gasteiger partial charge is 0.486 e. The number of benzene rings is 2. The first-order chi connectivity index (χ1) is 13.0. The number of carbonyl (C=O) groups is 1. The Labute approximate surface area is 158 Å². The van der Waals surface area contributed by atoms with Crippen molar-refractivity contribution >= 4 is 5.91 Å². The van der Waals surface area contributed by atoms with E-state index in [2.05, 4.69) is 23.6 Å². The molecule has 0 atom stereocenters. The molecule has 0 fully saturated rings. The predicted molar refractivity (Wildman–Crippen MR) is 104 cm³/mol. The molecule has 138 valence electrons. The highest BCUT2D eigenvalue weighted by Crippen LogP contribution is 2.36. The number of primary amides is 1. The number of fused-ring (bicyclic) bond motifs is 1. The van der Waals surface area contributed by atoms with Crippen LogP contribution >= 0.6 is 0 Å². The van der Waals surface area contributed by atoms with Gasteiger partial charge in [-0.15, -0.1) is 0 Å². The van der Waals surface area contributed by atoms with Crippen LogP contribution in [0, 0.1) is 13.8 Å².